The van der Waals surface area contributed by atoms with Crippen molar-refractivity contribution in [1.29, 1.82) is 0 Å². The Morgan fingerprint density at radius 1 is 0.889 bits per heavy atom. The van der Waals surface area contributed by atoms with E-state index in [4.69, 9.17) is 0 Å². The molecule has 1 aliphatic heterocycles. The molecule has 1 atom stereocenters. The van der Waals surface area contributed by atoms with E-state index < -0.39 is 10.2 Å². The van der Waals surface area contributed by atoms with Gasteiger partial charge in [-0.15, -0.1) is 0 Å². The Morgan fingerprint density at radius 3 is 2.15 bits per heavy atom. The second kappa shape index (κ2) is 9.70. The van der Waals surface area contributed by atoms with Crippen molar-refractivity contribution in [3.8, 4) is 0 Å². The zero-order valence-electron chi connectivity index (χ0n) is 16.9. The average Bonchev–Trinajstić information content (AvgIpc) is 2.96. The van der Waals surface area contributed by atoms with E-state index in [-0.39, 0.29) is 23.9 Å². The molecule has 0 aromatic carbocycles. The number of carbonyl (C=O) groups excluding carboxylic acids is 1. The van der Waals surface area contributed by atoms with Crippen LogP contribution in [0, 0.1) is 5.92 Å². The first kappa shape index (κ1) is 21.1. The van der Waals surface area contributed by atoms with Gasteiger partial charge in [0.1, 0.15) is 0 Å². The van der Waals surface area contributed by atoms with Gasteiger partial charge in [-0.1, -0.05) is 44.9 Å². The number of amides is 1. The fraction of sp³-hybridized carbons (Fsp3) is 0.950. The van der Waals surface area contributed by atoms with Crippen molar-refractivity contribution in [2.45, 2.75) is 95.6 Å². The fourth-order valence-corrected chi connectivity index (χ4v) is 6.60. The summed E-state index contributed by atoms with van der Waals surface area (Å²) in [5.41, 5.74) is 0. The summed E-state index contributed by atoms with van der Waals surface area (Å²) in [7, 11) is -1.76. The predicted octanol–water partition coefficient (Wildman–Crippen LogP) is 3.05. The van der Waals surface area contributed by atoms with Gasteiger partial charge in [0.05, 0.1) is 5.92 Å². The number of nitrogens with zero attached hydrogens (tertiary/aromatic N) is 2. The molecule has 0 aromatic heterocycles. The molecule has 3 fully saturated rings. The Hall–Kier alpha value is -0.660. The predicted molar refractivity (Wildman–Crippen MR) is 107 cm³/mol. The maximum Gasteiger partial charge on any atom is 0.281 e. The molecule has 156 valence electrons. The molecule has 6 nitrogen and oxygen atoms in total. The first-order valence-electron chi connectivity index (χ1n) is 11.0. The minimum absolute atomic E-state index is 0.0575. The summed E-state index contributed by atoms with van der Waals surface area (Å²) in [4.78, 5) is 12.8. The normalized spacial score (nSPS) is 27.4. The first-order valence-corrected chi connectivity index (χ1v) is 12.4. The summed E-state index contributed by atoms with van der Waals surface area (Å²) < 4.78 is 29.4. The lowest BCUT2D eigenvalue weighted by atomic mass is 9.96. The molecule has 0 radical (unpaired) electrons. The molecule has 7 heteroatoms. The largest absolute Gasteiger partial charge is 0.353 e. The Labute approximate surface area is 165 Å². The molecule has 3 aliphatic rings. The zero-order valence-corrected chi connectivity index (χ0v) is 17.7. The van der Waals surface area contributed by atoms with Crippen molar-refractivity contribution in [3.63, 3.8) is 0 Å². The monoisotopic (exact) mass is 399 g/mol. The van der Waals surface area contributed by atoms with Crippen LogP contribution in [0.25, 0.3) is 0 Å². The van der Waals surface area contributed by atoms with Crippen molar-refractivity contribution >= 4 is 16.1 Å². The summed E-state index contributed by atoms with van der Waals surface area (Å²) in [6.07, 6.45) is 13.9. The van der Waals surface area contributed by atoms with Crippen molar-refractivity contribution in [1.82, 2.24) is 13.9 Å². The third kappa shape index (κ3) is 5.45. The molecule has 3 rings (SSSR count). The van der Waals surface area contributed by atoms with E-state index in [1.54, 1.807) is 15.7 Å². The lowest BCUT2D eigenvalue weighted by Gasteiger charge is -2.38. The highest BCUT2D eigenvalue weighted by Gasteiger charge is 2.37. The van der Waals surface area contributed by atoms with Crippen molar-refractivity contribution < 1.29 is 13.2 Å². The quantitative estimate of drug-likeness (QED) is 0.723. The summed E-state index contributed by atoms with van der Waals surface area (Å²) in [6, 6.07) is 0.390. The van der Waals surface area contributed by atoms with Crippen LogP contribution in [0.1, 0.15) is 83.5 Å². The third-order valence-corrected chi connectivity index (χ3v) is 8.75. The van der Waals surface area contributed by atoms with Crippen molar-refractivity contribution in [2.24, 2.45) is 5.92 Å². The molecule has 1 amide bonds. The molecule has 0 bridgehead atoms. The standard InChI is InChI=1S/C20H37N3O3S/c1-22(19-13-7-4-8-14-19)27(25,26)23-15-9-10-17(16-23)20(24)21-18-11-5-2-3-6-12-18/h17-19H,2-16H2,1H3,(H,21,24). The molecule has 2 saturated carbocycles. The Balaban J connectivity index is 1.58. The van der Waals surface area contributed by atoms with Crippen LogP contribution >= 0.6 is 0 Å². The van der Waals surface area contributed by atoms with Crippen LogP contribution in [-0.4, -0.2) is 55.2 Å². The van der Waals surface area contributed by atoms with Crippen LogP contribution in [0.5, 0.6) is 0 Å². The van der Waals surface area contributed by atoms with Gasteiger partial charge in [0.2, 0.25) is 5.91 Å². The summed E-state index contributed by atoms with van der Waals surface area (Å²) >= 11 is 0. The number of hydrogen-bond acceptors (Lipinski definition) is 3. The lowest BCUT2D eigenvalue weighted by molar-refractivity contribution is -0.126. The highest BCUT2D eigenvalue weighted by atomic mass is 32.2. The van der Waals surface area contributed by atoms with Gasteiger partial charge in [0.15, 0.2) is 0 Å². The Bertz CT molecular complexity index is 581. The fourth-order valence-electron chi connectivity index (χ4n) is 4.92. The molecular formula is C20H37N3O3S. The molecule has 0 spiro atoms. The average molecular weight is 400 g/mol. The van der Waals surface area contributed by atoms with E-state index in [0.717, 1.165) is 51.4 Å². The molecule has 1 N–H and O–H groups in total. The van der Waals surface area contributed by atoms with Crippen molar-refractivity contribution in [3.05, 3.63) is 0 Å². The summed E-state index contributed by atoms with van der Waals surface area (Å²) in [6.45, 7) is 0.866. The van der Waals surface area contributed by atoms with E-state index in [1.807, 2.05) is 0 Å². The Morgan fingerprint density at radius 2 is 1.48 bits per heavy atom. The van der Waals surface area contributed by atoms with Gasteiger partial charge in [-0.2, -0.15) is 17.0 Å². The van der Waals surface area contributed by atoms with E-state index in [9.17, 15) is 13.2 Å². The number of nitrogens with one attached hydrogen (secondary N) is 1. The number of piperidine rings is 1. The minimum atomic E-state index is -3.48. The van der Waals surface area contributed by atoms with Gasteiger partial charge in [0.25, 0.3) is 10.2 Å². The first-order chi connectivity index (χ1) is 13.0. The smallest absolute Gasteiger partial charge is 0.281 e. The van der Waals surface area contributed by atoms with Gasteiger partial charge in [-0.25, -0.2) is 0 Å². The third-order valence-electron chi connectivity index (χ3n) is 6.74. The highest BCUT2D eigenvalue weighted by Crippen LogP contribution is 2.27. The zero-order chi connectivity index (χ0) is 19.3. The molecule has 2 aliphatic carbocycles. The van der Waals surface area contributed by atoms with Crippen LogP contribution in [0.4, 0.5) is 0 Å². The van der Waals surface area contributed by atoms with Crippen LogP contribution in [-0.2, 0) is 15.0 Å². The van der Waals surface area contributed by atoms with Gasteiger partial charge in [-0.05, 0) is 38.5 Å². The van der Waals surface area contributed by atoms with Crippen LogP contribution in [0.2, 0.25) is 0 Å². The SMILES string of the molecule is CN(C1CCCCC1)S(=O)(=O)N1CCCC(C(=O)NC2CCCCCC2)C1. The lowest BCUT2D eigenvalue weighted by Crippen LogP contribution is -2.52. The molecule has 27 heavy (non-hydrogen) atoms. The number of rotatable bonds is 5. The molecule has 1 saturated heterocycles. The van der Waals surface area contributed by atoms with Gasteiger partial charge in [-0.3, -0.25) is 4.79 Å². The van der Waals surface area contributed by atoms with Gasteiger partial charge in [0, 0.05) is 32.2 Å². The van der Waals surface area contributed by atoms with Crippen molar-refractivity contribution in [2.75, 3.05) is 20.1 Å². The minimum Gasteiger partial charge on any atom is -0.353 e. The van der Waals surface area contributed by atoms with E-state index >= 15 is 0 Å². The van der Waals surface area contributed by atoms with Crippen LogP contribution in [0.3, 0.4) is 0 Å². The summed E-state index contributed by atoms with van der Waals surface area (Å²) in [5, 5.41) is 3.22. The second-order valence-corrected chi connectivity index (χ2v) is 10.7. The molecular weight excluding hydrogens is 362 g/mol. The molecule has 1 heterocycles. The van der Waals surface area contributed by atoms with E-state index in [1.165, 1.54) is 32.1 Å². The topological polar surface area (TPSA) is 69.7 Å². The second-order valence-electron chi connectivity index (χ2n) is 8.71. The number of hydrogen-bond donors (Lipinski definition) is 1. The number of carbonyl (C=O) groups is 1. The highest BCUT2D eigenvalue weighted by molar-refractivity contribution is 7.86. The van der Waals surface area contributed by atoms with E-state index in [0.29, 0.717) is 13.1 Å². The maximum atomic E-state index is 13.1. The summed E-state index contributed by atoms with van der Waals surface area (Å²) in [5.74, 6) is -0.154. The van der Waals surface area contributed by atoms with Gasteiger partial charge < -0.3 is 5.32 Å². The van der Waals surface area contributed by atoms with Crippen LogP contribution < -0.4 is 5.32 Å². The van der Waals surface area contributed by atoms with Crippen LogP contribution in [0.15, 0.2) is 0 Å². The molecule has 0 aromatic rings. The van der Waals surface area contributed by atoms with E-state index in [2.05, 4.69) is 5.32 Å². The molecule has 1 unspecified atom stereocenters. The van der Waals surface area contributed by atoms with Gasteiger partial charge >= 0.3 is 0 Å². The maximum absolute atomic E-state index is 13.1. The Kier molecular flexibility index (Phi) is 7.57.